The number of hydrogen-bond acceptors (Lipinski definition) is 8. The molecule has 11 nitrogen and oxygen atoms in total. The Hall–Kier alpha value is -3.51. The Kier molecular flexibility index (Phi) is 9.99. The Morgan fingerprint density at radius 3 is 2.24 bits per heavy atom. The molecule has 11 heteroatoms. The summed E-state index contributed by atoms with van der Waals surface area (Å²) in [5.41, 5.74) is 3.23. The second-order valence-electron chi connectivity index (χ2n) is 12.6. The second kappa shape index (κ2) is 14.3. The zero-order valence-corrected chi connectivity index (χ0v) is 26.6. The van der Waals surface area contributed by atoms with Crippen molar-refractivity contribution >= 4 is 22.8 Å². The normalized spacial score (nSPS) is 20.8. The van der Waals surface area contributed by atoms with E-state index in [9.17, 15) is 14.4 Å². The molecule has 242 valence electrons. The molecule has 1 unspecified atom stereocenters. The number of piperidine rings is 2. The molecule has 3 aliphatic heterocycles. The van der Waals surface area contributed by atoms with Crippen LogP contribution in [0.3, 0.4) is 0 Å². The van der Waals surface area contributed by atoms with Gasteiger partial charge in [-0.3, -0.25) is 28.5 Å². The quantitative estimate of drug-likeness (QED) is 0.327. The van der Waals surface area contributed by atoms with Crippen molar-refractivity contribution in [1.82, 2.24) is 29.2 Å². The van der Waals surface area contributed by atoms with Gasteiger partial charge in [0.25, 0.3) is 5.91 Å². The van der Waals surface area contributed by atoms with Crippen LogP contribution in [0, 0.1) is 5.92 Å². The molecule has 1 aromatic heterocycles. The van der Waals surface area contributed by atoms with Crippen LogP contribution < -0.4 is 15.7 Å². The van der Waals surface area contributed by atoms with Crippen molar-refractivity contribution in [3.05, 3.63) is 64.1 Å². The van der Waals surface area contributed by atoms with Gasteiger partial charge in [0.2, 0.25) is 5.91 Å². The molecular weight excluding hydrogens is 572 g/mol. The first-order chi connectivity index (χ1) is 21.9. The van der Waals surface area contributed by atoms with Crippen LogP contribution in [-0.2, 0) is 34.0 Å². The van der Waals surface area contributed by atoms with E-state index in [1.807, 2.05) is 30.3 Å². The molecule has 1 atom stereocenters. The molecule has 0 spiro atoms. The Morgan fingerprint density at radius 1 is 0.822 bits per heavy atom. The minimum atomic E-state index is -0.751. The molecule has 6 rings (SSSR count). The lowest BCUT2D eigenvalue weighted by atomic mass is 9.97. The Balaban J connectivity index is 1.20. The van der Waals surface area contributed by atoms with Crippen molar-refractivity contribution in [2.45, 2.75) is 51.4 Å². The number of amides is 2. The third kappa shape index (κ3) is 7.01. The summed E-state index contributed by atoms with van der Waals surface area (Å²) in [5, 5.41) is 3.46. The lowest BCUT2D eigenvalue weighted by Gasteiger charge is -2.37. The summed E-state index contributed by atoms with van der Waals surface area (Å²) in [7, 11) is 3.21. The number of methoxy groups -OCH3 is 2. The minimum Gasteiger partial charge on any atom is -0.497 e. The average Bonchev–Trinajstić information content (AvgIpc) is 3.33. The van der Waals surface area contributed by atoms with Crippen LogP contribution in [0.25, 0.3) is 11.0 Å². The van der Waals surface area contributed by atoms with E-state index in [1.165, 1.54) is 24.3 Å². The number of rotatable bonds is 11. The number of aromatic nitrogens is 2. The van der Waals surface area contributed by atoms with Gasteiger partial charge in [-0.05, 0) is 73.7 Å². The number of ether oxygens (including phenoxy) is 2. The first-order valence-corrected chi connectivity index (χ1v) is 16.3. The highest BCUT2D eigenvalue weighted by Crippen LogP contribution is 2.29. The lowest BCUT2D eigenvalue weighted by molar-refractivity contribution is -0.151. The van der Waals surface area contributed by atoms with Gasteiger partial charge in [0.05, 0.1) is 37.8 Å². The highest BCUT2D eigenvalue weighted by Gasteiger charge is 2.37. The molecule has 0 radical (unpaired) electrons. The van der Waals surface area contributed by atoms with E-state index in [-0.39, 0.29) is 30.5 Å². The number of hydrogen-bond donors (Lipinski definition) is 1. The number of benzene rings is 2. The number of fused-ring (bicyclic) bond motifs is 1. The Bertz CT molecular complexity index is 1530. The molecule has 4 heterocycles. The zero-order chi connectivity index (χ0) is 31.3. The predicted octanol–water partition coefficient (Wildman–Crippen LogP) is 2.47. The molecule has 45 heavy (non-hydrogen) atoms. The smallest absolute Gasteiger partial charge is 0.329 e. The zero-order valence-electron chi connectivity index (χ0n) is 26.6. The van der Waals surface area contributed by atoms with Crippen LogP contribution >= 0.6 is 0 Å². The van der Waals surface area contributed by atoms with Crippen LogP contribution in [-0.4, -0.2) is 102 Å². The number of piperazine rings is 1. The van der Waals surface area contributed by atoms with Gasteiger partial charge in [0.15, 0.2) is 0 Å². The topological polar surface area (TPSA) is 101 Å². The van der Waals surface area contributed by atoms with Gasteiger partial charge in [-0.2, -0.15) is 0 Å². The molecule has 3 aliphatic rings. The molecule has 0 aliphatic carbocycles. The summed E-state index contributed by atoms with van der Waals surface area (Å²) in [6, 6.07) is 12.7. The van der Waals surface area contributed by atoms with Crippen LogP contribution in [0.2, 0.25) is 0 Å². The van der Waals surface area contributed by atoms with Crippen LogP contribution in [0.1, 0.15) is 42.9 Å². The van der Waals surface area contributed by atoms with E-state index in [1.54, 1.807) is 23.4 Å². The highest BCUT2D eigenvalue weighted by atomic mass is 16.5. The minimum absolute atomic E-state index is 0.157. The standard InChI is InChI=1S/C34H46N6O5/c1-44-20-19-38-31-21-27(23-37-17-15-36(16-18-37)22-26-11-13-35-14-12-26)5-8-29(31)40(34(38)43)30-9-10-32(41)39(33(30)42)24-25-3-6-28(45-2)7-4-25/h3-8,21,26,30,35H,9-20,22-24H2,1-2H3. The molecular formula is C34H46N6O5. The van der Waals surface area contributed by atoms with Crippen molar-refractivity contribution in [3.63, 3.8) is 0 Å². The summed E-state index contributed by atoms with van der Waals surface area (Å²) in [6.07, 6.45) is 3.04. The highest BCUT2D eigenvalue weighted by molar-refractivity contribution is 6.00. The lowest BCUT2D eigenvalue weighted by Crippen LogP contribution is -2.48. The van der Waals surface area contributed by atoms with Crippen molar-refractivity contribution in [2.24, 2.45) is 5.92 Å². The van der Waals surface area contributed by atoms with E-state index < -0.39 is 6.04 Å². The van der Waals surface area contributed by atoms with Gasteiger partial charge in [0, 0.05) is 52.8 Å². The van der Waals surface area contributed by atoms with Crippen molar-refractivity contribution < 1.29 is 19.1 Å². The molecule has 3 fully saturated rings. The molecule has 2 aromatic carbocycles. The molecule has 3 saturated heterocycles. The van der Waals surface area contributed by atoms with E-state index >= 15 is 0 Å². The molecule has 0 saturated carbocycles. The Morgan fingerprint density at radius 2 is 1.53 bits per heavy atom. The number of nitrogens with one attached hydrogen (secondary N) is 1. The summed E-state index contributed by atoms with van der Waals surface area (Å²) in [5.74, 6) is 0.942. The second-order valence-corrected chi connectivity index (χ2v) is 12.6. The van der Waals surface area contributed by atoms with E-state index in [2.05, 4.69) is 27.2 Å². The summed E-state index contributed by atoms with van der Waals surface area (Å²) in [6.45, 7) is 9.41. The van der Waals surface area contributed by atoms with Gasteiger partial charge in [-0.1, -0.05) is 18.2 Å². The van der Waals surface area contributed by atoms with Gasteiger partial charge >= 0.3 is 5.69 Å². The van der Waals surface area contributed by atoms with Gasteiger partial charge in [0.1, 0.15) is 11.8 Å². The third-order valence-electron chi connectivity index (χ3n) is 9.69. The van der Waals surface area contributed by atoms with E-state index in [0.717, 1.165) is 68.4 Å². The number of imidazole rings is 1. The fourth-order valence-corrected chi connectivity index (χ4v) is 7.08. The third-order valence-corrected chi connectivity index (χ3v) is 9.69. The largest absolute Gasteiger partial charge is 0.497 e. The van der Waals surface area contributed by atoms with Crippen molar-refractivity contribution in [2.75, 3.05) is 66.6 Å². The molecule has 2 amide bonds. The summed E-state index contributed by atoms with van der Waals surface area (Å²) >= 11 is 0. The first kappa shape index (κ1) is 31.5. The number of nitrogens with zero attached hydrogens (tertiary/aromatic N) is 5. The SMILES string of the molecule is COCCn1c(=O)n(C2CCC(=O)N(Cc3ccc(OC)cc3)C2=O)c2ccc(CN3CCN(CC4CCNCC4)CC3)cc21. The average molecular weight is 619 g/mol. The van der Waals surface area contributed by atoms with Crippen molar-refractivity contribution in [3.8, 4) is 5.75 Å². The summed E-state index contributed by atoms with van der Waals surface area (Å²) in [4.78, 5) is 47.1. The van der Waals surface area contributed by atoms with E-state index in [0.29, 0.717) is 30.8 Å². The Labute approximate surface area is 264 Å². The van der Waals surface area contributed by atoms with Crippen molar-refractivity contribution in [1.29, 1.82) is 0 Å². The number of likely N-dealkylation sites (tertiary alicyclic amines) is 1. The van der Waals surface area contributed by atoms with E-state index in [4.69, 9.17) is 9.47 Å². The first-order valence-electron chi connectivity index (χ1n) is 16.3. The van der Waals surface area contributed by atoms with Crippen LogP contribution in [0.4, 0.5) is 0 Å². The maximum Gasteiger partial charge on any atom is 0.329 e. The fraction of sp³-hybridized carbons (Fsp3) is 0.559. The summed E-state index contributed by atoms with van der Waals surface area (Å²) < 4.78 is 13.9. The van der Waals surface area contributed by atoms with Gasteiger partial charge < -0.3 is 19.7 Å². The maximum atomic E-state index is 13.9. The monoisotopic (exact) mass is 618 g/mol. The van der Waals surface area contributed by atoms with Crippen LogP contribution in [0.5, 0.6) is 5.75 Å². The molecule has 1 N–H and O–H groups in total. The van der Waals surface area contributed by atoms with Crippen LogP contribution in [0.15, 0.2) is 47.3 Å². The van der Waals surface area contributed by atoms with Gasteiger partial charge in [-0.15, -0.1) is 0 Å². The molecule has 0 bridgehead atoms. The van der Waals surface area contributed by atoms with Gasteiger partial charge in [-0.25, -0.2) is 4.79 Å². The number of imide groups is 1. The fourth-order valence-electron chi connectivity index (χ4n) is 7.08. The maximum absolute atomic E-state index is 13.9. The number of carbonyl (C=O) groups excluding carboxylic acids is 2. The molecule has 3 aromatic rings. The number of carbonyl (C=O) groups is 2. The predicted molar refractivity (Wildman–Crippen MR) is 172 cm³/mol.